The molecular weight excluding hydrogens is 256 g/mol. The molecule has 0 aliphatic carbocycles. The number of aryl methyl sites for hydroxylation is 3. The van der Waals surface area contributed by atoms with Crippen LogP contribution in [0.25, 0.3) is 0 Å². The molecule has 0 saturated carbocycles. The van der Waals surface area contributed by atoms with Gasteiger partial charge in [0.15, 0.2) is 0 Å². The highest BCUT2D eigenvalue weighted by atomic mass is 15.2. The molecule has 118 valence electrons. The Kier molecular flexibility index (Phi) is 6.25. The van der Waals surface area contributed by atoms with Crippen molar-refractivity contribution in [1.82, 2.24) is 10.2 Å². The van der Waals surface area contributed by atoms with Crippen molar-refractivity contribution in [2.75, 3.05) is 19.6 Å². The molecule has 1 saturated heterocycles. The van der Waals surface area contributed by atoms with E-state index in [1.54, 1.807) is 5.56 Å². The zero-order chi connectivity index (χ0) is 15.2. The van der Waals surface area contributed by atoms with Gasteiger partial charge in [0.2, 0.25) is 0 Å². The van der Waals surface area contributed by atoms with Crippen molar-refractivity contribution in [3.05, 3.63) is 34.4 Å². The van der Waals surface area contributed by atoms with Crippen LogP contribution in [0, 0.1) is 20.8 Å². The topological polar surface area (TPSA) is 15.3 Å². The fourth-order valence-electron chi connectivity index (χ4n) is 3.61. The maximum atomic E-state index is 3.62. The number of hydrogen-bond donors (Lipinski definition) is 1. The van der Waals surface area contributed by atoms with Crippen LogP contribution in [0.15, 0.2) is 12.1 Å². The van der Waals surface area contributed by atoms with Crippen molar-refractivity contribution in [2.24, 2.45) is 0 Å². The van der Waals surface area contributed by atoms with E-state index in [1.807, 2.05) is 0 Å². The van der Waals surface area contributed by atoms with E-state index in [1.165, 1.54) is 48.9 Å². The lowest BCUT2D eigenvalue weighted by Crippen LogP contribution is -2.45. The molecular formula is C19H32N2. The average Bonchev–Trinajstić information content (AvgIpc) is 2.44. The van der Waals surface area contributed by atoms with Gasteiger partial charge in [0.25, 0.3) is 0 Å². The van der Waals surface area contributed by atoms with E-state index in [0.29, 0.717) is 6.04 Å². The van der Waals surface area contributed by atoms with Crippen molar-refractivity contribution < 1.29 is 0 Å². The molecule has 0 amide bonds. The number of benzene rings is 1. The van der Waals surface area contributed by atoms with Crippen LogP contribution < -0.4 is 5.32 Å². The van der Waals surface area contributed by atoms with E-state index >= 15 is 0 Å². The summed E-state index contributed by atoms with van der Waals surface area (Å²) in [7, 11) is 0. The minimum Gasteiger partial charge on any atom is -0.315 e. The quantitative estimate of drug-likeness (QED) is 0.797. The maximum Gasteiger partial charge on any atom is 0.0242 e. The highest BCUT2D eigenvalue weighted by Crippen LogP contribution is 2.23. The maximum absolute atomic E-state index is 3.62. The highest BCUT2D eigenvalue weighted by molar-refractivity contribution is 5.37. The normalized spacial score (nSPS) is 19.9. The van der Waals surface area contributed by atoms with Gasteiger partial charge >= 0.3 is 0 Å². The molecule has 0 bridgehead atoms. The summed E-state index contributed by atoms with van der Waals surface area (Å²) in [6.07, 6.45) is 5.32. The molecule has 1 aromatic rings. The molecule has 1 heterocycles. The van der Waals surface area contributed by atoms with Crippen LogP contribution >= 0.6 is 0 Å². The smallest absolute Gasteiger partial charge is 0.0242 e. The van der Waals surface area contributed by atoms with E-state index in [-0.39, 0.29) is 0 Å². The Morgan fingerprint density at radius 1 is 1.14 bits per heavy atom. The van der Waals surface area contributed by atoms with E-state index in [2.05, 4.69) is 50.0 Å². The van der Waals surface area contributed by atoms with E-state index in [0.717, 1.165) is 19.6 Å². The van der Waals surface area contributed by atoms with Crippen molar-refractivity contribution in [1.29, 1.82) is 0 Å². The van der Waals surface area contributed by atoms with E-state index in [9.17, 15) is 0 Å². The number of hydrogen-bond acceptors (Lipinski definition) is 2. The predicted molar refractivity (Wildman–Crippen MR) is 91.9 cm³/mol. The molecule has 2 rings (SSSR count). The summed E-state index contributed by atoms with van der Waals surface area (Å²) < 4.78 is 0. The SMILES string of the molecule is CCCNCC1CCCCN1Cc1c(C)cc(C)cc1C. The summed E-state index contributed by atoms with van der Waals surface area (Å²) in [6, 6.07) is 5.37. The average molecular weight is 288 g/mol. The third-order valence-electron chi connectivity index (χ3n) is 4.76. The summed E-state index contributed by atoms with van der Waals surface area (Å²) in [4.78, 5) is 2.71. The summed E-state index contributed by atoms with van der Waals surface area (Å²) in [5.74, 6) is 0. The van der Waals surface area contributed by atoms with Gasteiger partial charge in [0.1, 0.15) is 0 Å². The molecule has 1 aliphatic heterocycles. The van der Waals surface area contributed by atoms with Gasteiger partial charge in [-0.3, -0.25) is 4.90 Å². The fourth-order valence-corrected chi connectivity index (χ4v) is 3.61. The van der Waals surface area contributed by atoms with Crippen LogP contribution in [0.3, 0.4) is 0 Å². The molecule has 1 N–H and O–H groups in total. The Labute approximate surface area is 130 Å². The van der Waals surface area contributed by atoms with Gasteiger partial charge in [-0.1, -0.05) is 31.0 Å². The number of likely N-dealkylation sites (tertiary alicyclic amines) is 1. The van der Waals surface area contributed by atoms with Gasteiger partial charge in [-0.25, -0.2) is 0 Å². The molecule has 1 atom stereocenters. The van der Waals surface area contributed by atoms with Crippen LogP contribution in [0.1, 0.15) is 54.9 Å². The largest absolute Gasteiger partial charge is 0.315 e. The lowest BCUT2D eigenvalue weighted by Gasteiger charge is -2.36. The van der Waals surface area contributed by atoms with Gasteiger partial charge < -0.3 is 5.32 Å². The van der Waals surface area contributed by atoms with Gasteiger partial charge in [0, 0.05) is 19.1 Å². The zero-order valence-corrected chi connectivity index (χ0v) is 14.3. The van der Waals surface area contributed by atoms with Gasteiger partial charge in [-0.15, -0.1) is 0 Å². The van der Waals surface area contributed by atoms with Crippen molar-refractivity contribution in [2.45, 2.75) is 66.0 Å². The first-order chi connectivity index (χ1) is 10.1. The molecule has 0 radical (unpaired) electrons. The molecule has 1 aromatic carbocycles. The molecule has 1 fully saturated rings. The highest BCUT2D eigenvalue weighted by Gasteiger charge is 2.23. The minimum atomic E-state index is 0.713. The Hall–Kier alpha value is -0.860. The second kappa shape index (κ2) is 7.95. The molecule has 2 heteroatoms. The van der Waals surface area contributed by atoms with Crippen LogP contribution in [0.4, 0.5) is 0 Å². The number of nitrogens with one attached hydrogen (secondary N) is 1. The van der Waals surface area contributed by atoms with Crippen molar-refractivity contribution >= 4 is 0 Å². The summed E-state index contributed by atoms with van der Waals surface area (Å²) in [6.45, 7) is 13.6. The molecule has 21 heavy (non-hydrogen) atoms. The first-order valence-electron chi connectivity index (χ1n) is 8.63. The Morgan fingerprint density at radius 3 is 2.52 bits per heavy atom. The Bertz CT molecular complexity index is 430. The number of rotatable bonds is 6. The molecule has 0 spiro atoms. The Morgan fingerprint density at radius 2 is 1.86 bits per heavy atom. The van der Waals surface area contributed by atoms with Gasteiger partial charge in [-0.05, 0) is 69.8 Å². The Balaban J connectivity index is 2.05. The third-order valence-corrected chi connectivity index (χ3v) is 4.76. The predicted octanol–water partition coefficient (Wildman–Crippen LogP) is 3.97. The molecule has 0 aromatic heterocycles. The summed E-state index contributed by atoms with van der Waals surface area (Å²) >= 11 is 0. The standard InChI is InChI=1S/C19H32N2/c1-5-9-20-13-18-8-6-7-10-21(18)14-19-16(3)11-15(2)12-17(19)4/h11-12,18,20H,5-10,13-14H2,1-4H3. The lowest BCUT2D eigenvalue weighted by atomic mass is 9.96. The molecule has 1 unspecified atom stereocenters. The summed E-state index contributed by atoms with van der Waals surface area (Å²) in [5.41, 5.74) is 5.84. The van der Waals surface area contributed by atoms with Crippen LogP contribution in [-0.2, 0) is 6.54 Å². The van der Waals surface area contributed by atoms with Crippen LogP contribution in [0.2, 0.25) is 0 Å². The van der Waals surface area contributed by atoms with Crippen molar-refractivity contribution in [3.8, 4) is 0 Å². The third kappa shape index (κ3) is 4.55. The minimum absolute atomic E-state index is 0.713. The molecule has 1 aliphatic rings. The van der Waals surface area contributed by atoms with Crippen LogP contribution in [0.5, 0.6) is 0 Å². The van der Waals surface area contributed by atoms with E-state index in [4.69, 9.17) is 0 Å². The fraction of sp³-hybridized carbons (Fsp3) is 0.684. The van der Waals surface area contributed by atoms with Gasteiger partial charge in [0.05, 0.1) is 0 Å². The second-order valence-corrected chi connectivity index (χ2v) is 6.70. The number of piperidine rings is 1. The zero-order valence-electron chi connectivity index (χ0n) is 14.3. The lowest BCUT2D eigenvalue weighted by molar-refractivity contribution is 0.137. The monoisotopic (exact) mass is 288 g/mol. The number of nitrogens with zero attached hydrogens (tertiary/aromatic N) is 1. The summed E-state index contributed by atoms with van der Waals surface area (Å²) in [5, 5.41) is 3.62. The first kappa shape index (κ1) is 16.5. The first-order valence-corrected chi connectivity index (χ1v) is 8.63. The van der Waals surface area contributed by atoms with Crippen LogP contribution in [-0.4, -0.2) is 30.6 Å². The van der Waals surface area contributed by atoms with E-state index < -0.39 is 0 Å². The van der Waals surface area contributed by atoms with Gasteiger partial charge in [-0.2, -0.15) is 0 Å². The second-order valence-electron chi connectivity index (χ2n) is 6.70. The molecule has 2 nitrogen and oxygen atoms in total. The van der Waals surface area contributed by atoms with Crippen molar-refractivity contribution in [3.63, 3.8) is 0 Å².